The van der Waals surface area contributed by atoms with Crippen molar-refractivity contribution in [2.75, 3.05) is 20.7 Å². The normalized spacial score (nSPS) is 11.9. The molecule has 6 heteroatoms. The second kappa shape index (κ2) is 7.56. The lowest BCUT2D eigenvalue weighted by molar-refractivity contribution is -0.139. The molecule has 0 atom stereocenters. The molecule has 5 nitrogen and oxygen atoms in total. The van der Waals surface area contributed by atoms with Crippen molar-refractivity contribution in [1.29, 1.82) is 0 Å². The Morgan fingerprint density at radius 3 is 2.29 bits per heavy atom. The Labute approximate surface area is 127 Å². The van der Waals surface area contributed by atoms with Gasteiger partial charge in [-0.05, 0) is 30.0 Å². The average molecular weight is 313 g/mol. The number of hydrogen-bond acceptors (Lipinski definition) is 4. The Balaban J connectivity index is 2.82. The monoisotopic (exact) mass is 313 g/mol. The highest BCUT2D eigenvalue weighted by atomic mass is 32.2. The highest BCUT2D eigenvalue weighted by Crippen LogP contribution is 2.16. The van der Waals surface area contributed by atoms with Gasteiger partial charge in [0.15, 0.2) is 0 Å². The van der Waals surface area contributed by atoms with Crippen LogP contribution in [0, 0.1) is 5.92 Å². The van der Waals surface area contributed by atoms with Crippen LogP contribution in [-0.4, -0.2) is 39.4 Å². The van der Waals surface area contributed by atoms with Gasteiger partial charge in [-0.1, -0.05) is 26.0 Å². The van der Waals surface area contributed by atoms with E-state index in [9.17, 15) is 13.2 Å². The van der Waals surface area contributed by atoms with Gasteiger partial charge in [0, 0.05) is 13.6 Å². The lowest BCUT2D eigenvalue weighted by atomic mass is 10.1. The van der Waals surface area contributed by atoms with Crippen LogP contribution in [0.4, 0.5) is 0 Å². The summed E-state index contributed by atoms with van der Waals surface area (Å²) in [5.74, 6) is 0.102. The minimum Gasteiger partial charge on any atom is -0.469 e. The maximum absolute atomic E-state index is 12.4. The van der Waals surface area contributed by atoms with Gasteiger partial charge in [-0.25, -0.2) is 12.7 Å². The number of sulfonamides is 1. The number of carbonyl (C=O) groups excluding carboxylic acids is 1. The first kappa shape index (κ1) is 17.7. The van der Waals surface area contributed by atoms with E-state index in [0.717, 1.165) is 12.0 Å². The number of nitrogens with zero attached hydrogens (tertiary/aromatic N) is 1. The zero-order valence-electron chi connectivity index (χ0n) is 13.0. The van der Waals surface area contributed by atoms with Gasteiger partial charge in [0.25, 0.3) is 0 Å². The second-order valence-electron chi connectivity index (χ2n) is 5.41. The van der Waals surface area contributed by atoms with Gasteiger partial charge in [-0.15, -0.1) is 0 Å². The molecule has 0 radical (unpaired) electrons. The van der Waals surface area contributed by atoms with Gasteiger partial charge >= 0.3 is 5.97 Å². The number of hydrogen-bond donors (Lipinski definition) is 0. The van der Waals surface area contributed by atoms with E-state index in [0.29, 0.717) is 12.5 Å². The van der Waals surface area contributed by atoms with Crippen molar-refractivity contribution in [2.45, 2.75) is 31.6 Å². The van der Waals surface area contributed by atoms with Gasteiger partial charge < -0.3 is 4.74 Å². The predicted octanol–water partition coefficient (Wildman–Crippen LogP) is 2.07. The van der Waals surface area contributed by atoms with Crippen LogP contribution in [0.2, 0.25) is 0 Å². The SMILES string of the molecule is COC(=O)Cc1ccc(S(=O)(=O)N(C)CCC(C)C)cc1. The smallest absolute Gasteiger partial charge is 0.309 e. The van der Waals surface area contributed by atoms with Gasteiger partial charge in [-0.2, -0.15) is 0 Å². The van der Waals surface area contributed by atoms with Crippen molar-refractivity contribution in [1.82, 2.24) is 4.31 Å². The molecule has 1 aromatic carbocycles. The summed E-state index contributed by atoms with van der Waals surface area (Å²) in [7, 11) is -0.561. The zero-order valence-corrected chi connectivity index (χ0v) is 13.8. The fourth-order valence-electron chi connectivity index (χ4n) is 1.76. The van der Waals surface area contributed by atoms with Crippen LogP contribution in [-0.2, 0) is 26.0 Å². The van der Waals surface area contributed by atoms with E-state index in [2.05, 4.69) is 18.6 Å². The van der Waals surface area contributed by atoms with Gasteiger partial charge in [0.1, 0.15) is 0 Å². The summed E-state index contributed by atoms with van der Waals surface area (Å²) < 4.78 is 30.7. The van der Waals surface area contributed by atoms with Crippen LogP contribution >= 0.6 is 0 Å². The van der Waals surface area contributed by atoms with Crippen LogP contribution in [0.15, 0.2) is 29.2 Å². The summed E-state index contributed by atoms with van der Waals surface area (Å²) in [6.07, 6.45) is 0.955. The molecule has 0 amide bonds. The quantitative estimate of drug-likeness (QED) is 0.723. The Hall–Kier alpha value is -1.40. The molecule has 21 heavy (non-hydrogen) atoms. The number of carbonyl (C=O) groups is 1. The first-order chi connectivity index (χ1) is 9.77. The molecule has 1 rings (SSSR count). The molecule has 0 saturated carbocycles. The molecule has 0 aromatic heterocycles. The van der Waals surface area contributed by atoms with Crippen molar-refractivity contribution in [2.24, 2.45) is 5.92 Å². The van der Waals surface area contributed by atoms with E-state index in [4.69, 9.17) is 0 Å². The molecule has 0 aliphatic rings. The molecule has 0 N–H and O–H groups in total. The predicted molar refractivity (Wildman–Crippen MR) is 81.4 cm³/mol. The Bertz CT molecular complexity index is 564. The maximum atomic E-state index is 12.4. The average Bonchev–Trinajstić information content (AvgIpc) is 2.44. The first-order valence-electron chi connectivity index (χ1n) is 6.89. The van der Waals surface area contributed by atoms with Crippen molar-refractivity contribution in [3.8, 4) is 0 Å². The summed E-state index contributed by atoms with van der Waals surface area (Å²) in [5.41, 5.74) is 0.727. The van der Waals surface area contributed by atoms with E-state index in [-0.39, 0.29) is 17.3 Å². The lowest BCUT2D eigenvalue weighted by Crippen LogP contribution is -2.28. The van der Waals surface area contributed by atoms with Crippen LogP contribution in [0.3, 0.4) is 0 Å². The van der Waals surface area contributed by atoms with E-state index in [1.807, 2.05) is 0 Å². The highest BCUT2D eigenvalue weighted by molar-refractivity contribution is 7.89. The summed E-state index contributed by atoms with van der Waals surface area (Å²) in [4.78, 5) is 11.4. The van der Waals surface area contributed by atoms with E-state index in [1.54, 1.807) is 19.2 Å². The van der Waals surface area contributed by atoms with Crippen molar-refractivity contribution < 1.29 is 17.9 Å². The molecule has 118 valence electrons. The Morgan fingerprint density at radius 1 is 1.24 bits per heavy atom. The number of benzene rings is 1. The number of methoxy groups -OCH3 is 1. The Morgan fingerprint density at radius 2 is 1.81 bits per heavy atom. The first-order valence-corrected chi connectivity index (χ1v) is 8.33. The number of esters is 1. The van der Waals surface area contributed by atoms with E-state index >= 15 is 0 Å². The molecule has 0 unspecified atom stereocenters. The molecule has 0 aliphatic heterocycles. The van der Waals surface area contributed by atoms with Crippen LogP contribution in [0.1, 0.15) is 25.8 Å². The van der Waals surface area contributed by atoms with Gasteiger partial charge in [0.05, 0.1) is 18.4 Å². The van der Waals surface area contributed by atoms with Crippen molar-refractivity contribution >= 4 is 16.0 Å². The fraction of sp³-hybridized carbons (Fsp3) is 0.533. The van der Waals surface area contributed by atoms with E-state index in [1.165, 1.54) is 23.5 Å². The molecular weight excluding hydrogens is 290 g/mol. The van der Waals surface area contributed by atoms with Gasteiger partial charge in [-0.3, -0.25) is 4.79 Å². The van der Waals surface area contributed by atoms with Crippen LogP contribution in [0.25, 0.3) is 0 Å². The van der Waals surface area contributed by atoms with Crippen LogP contribution < -0.4 is 0 Å². The number of rotatable bonds is 7. The van der Waals surface area contributed by atoms with Crippen molar-refractivity contribution in [3.63, 3.8) is 0 Å². The van der Waals surface area contributed by atoms with E-state index < -0.39 is 10.0 Å². The van der Waals surface area contributed by atoms with Gasteiger partial charge in [0.2, 0.25) is 10.0 Å². The molecule has 0 heterocycles. The van der Waals surface area contributed by atoms with Crippen molar-refractivity contribution in [3.05, 3.63) is 29.8 Å². The third-order valence-corrected chi connectivity index (χ3v) is 5.10. The third kappa shape index (κ3) is 5.13. The minimum atomic E-state index is -3.47. The molecule has 0 bridgehead atoms. The molecule has 0 spiro atoms. The lowest BCUT2D eigenvalue weighted by Gasteiger charge is -2.18. The topological polar surface area (TPSA) is 63.7 Å². The summed E-state index contributed by atoms with van der Waals surface area (Å²) in [6.45, 7) is 4.61. The second-order valence-corrected chi connectivity index (χ2v) is 7.45. The zero-order chi connectivity index (χ0) is 16.0. The third-order valence-electron chi connectivity index (χ3n) is 3.23. The summed E-state index contributed by atoms with van der Waals surface area (Å²) in [6, 6.07) is 6.33. The molecule has 0 aliphatic carbocycles. The molecule has 0 saturated heterocycles. The highest BCUT2D eigenvalue weighted by Gasteiger charge is 2.20. The standard InChI is InChI=1S/C15H23NO4S/c1-12(2)9-10-16(3)21(18,19)14-7-5-13(6-8-14)11-15(17)20-4/h5-8,12H,9-11H2,1-4H3. The minimum absolute atomic E-state index is 0.139. The summed E-state index contributed by atoms with van der Waals surface area (Å²) in [5, 5.41) is 0. The number of ether oxygens (including phenoxy) is 1. The molecule has 1 aromatic rings. The fourth-order valence-corrected chi connectivity index (χ4v) is 2.94. The largest absolute Gasteiger partial charge is 0.469 e. The summed E-state index contributed by atoms with van der Waals surface area (Å²) >= 11 is 0. The molecule has 0 fully saturated rings. The van der Waals surface area contributed by atoms with Crippen LogP contribution in [0.5, 0.6) is 0 Å². The Kier molecular flexibility index (Phi) is 6.36. The molecular formula is C15H23NO4S. The maximum Gasteiger partial charge on any atom is 0.309 e.